The number of hydrogen-bond acceptors (Lipinski definition) is 20. The number of amides is 1. The Morgan fingerprint density at radius 2 is 1.31 bits per heavy atom. The van der Waals surface area contributed by atoms with Crippen molar-refractivity contribution < 1.29 is 94.7 Å². The number of nitrogens with one attached hydrogen (secondary N) is 1. The molecular formula is C67H72NO20P. The number of ether oxygens (including phenoxy) is 8. The van der Waals surface area contributed by atoms with Crippen LogP contribution in [0.1, 0.15) is 111 Å². The van der Waals surface area contributed by atoms with Crippen molar-refractivity contribution >= 4 is 49.5 Å². The molecule has 10 rings (SSSR count). The van der Waals surface area contributed by atoms with Crippen molar-refractivity contribution in [1.82, 2.24) is 5.32 Å². The third-order valence-electron chi connectivity index (χ3n) is 17.7. The van der Waals surface area contributed by atoms with Crippen LogP contribution in [-0.4, -0.2) is 109 Å². The zero-order chi connectivity index (χ0) is 63.3. The third kappa shape index (κ3) is 13.2. The van der Waals surface area contributed by atoms with Crippen LogP contribution in [0.5, 0.6) is 0 Å². The van der Waals surface area contributed by atoms with Crippen LogP contribution in [0.15, 0.2) is 163 Å². The van der Waals surface area contributed by atoms with Gasteiger partial charge in [-0.2, -0.15) is 0 Å². The van der Waals surface area contributed by atoms with Gasteiger partial charge in [0, 0.05) is 36.7 Å². The predicted molar refractivity (Wildman–Crippen MR) is 315 cm³/mol. The number of phosphoric ester groups is 1. The second-order valence-corrected chi connectivity index (χ2v) is 25.3. The molecule has 11 unspecified atom stereocenters. The number of fused-ring (bicyclic) bond motifs is 5. The molecule has 2 bridgehead atoms. The van der Waals surface area contributed by atoms with Crippen molar-refractivity contribution in [3.05, 3.63) is 191 Å². The minimum Gasteiger partial charge on any atom is -0.459 e. The summed E-state index contributed by atoms with van der Waals surface area (Å²) in [6.45, 7) is 6.86. The van der Waals surface area contributed by atoms with E-state index in [4.69, 9.17) is 51.5 Å². The van der Waals surface area contributed by atoms with Gasteiger partial charge in [-0.05, 0) is 73.2 Å². The number of Topliss-reactive ketones (excluding diaryl/α,β-unsaturated/α-hetero) is 1. The molecule has 0 spiro atoms. The highest BCUT2D eigenvalue weighted by Gasteiger charge is 2.79. The lowest BCUT2D eigenvalue weighted by Crippen LogP contribution is -2.81. The molecule has 89 heavy (non-hydrogen) atoms. The molecule has 1 amide bonds. The molecule has 4 aliphatic carbocycles. The van der Waals surface area contributed by atoms with Gasteiger partial charge in [-0.3, -0.25) is 32.7 Å². The summed E-state index contributed by atoms with van der Waals surface area (Å²) in [5, 5.41) is 17.3. The zero-order valence-electron chi connectivity index (χ0n) is 50.1. The van der Waals surface area contributed by atoms with E-state index in [0.29, 0.717) is 29.5 Å². The lowest BCUT2D eigenvalue weighted by molar-refractivity contribution is -0.351. The number of hydrogen-bond donors (Lipinski definition) is 2. The maximum Gasteiger partial charge on any atom is 0.509 e. The summed E-state index contributed by atoms with van der Waals surface area (Å²) in [6, 6.07) is 40.3. The van der Waals surface area contributed by atoms with Crippen molar-refractivity contribution in [2.24, 2.45) is 28.6 Å². The van der Waals surface area contributed by atoms with E-state index >= 15 is 14.4 Å². The molecule has 2 N–H and O–H groups in total. The molecule has 4 fully saturated rings. The zero-order valence-corrected chi connectivity index (χ0v) is 51.0. The molecule has 0 aromatic heterocycles. The fourth-order valence-corrected chi connectivity index (χ4v) is 13.9. The summed E-state index contributed by atoms with van der Waals surface area (Å²) in [6.07, 6.45) is -9.41. The quantitative estimate of drug-likeness (QED) is 0.0266. The Kier molecular flexibility index (Phi) is 19.2. The lowest BCUT2D eigenvalue weighted by Gasteiger charge is -2.67. The summed E-state index contributed by atoms with van der Waals surface area (Å²) in [5.74, 6) is -9.55. The number of aliphatic hydroxyl groups is 1. The van der Waals surface area contributed by atoms with Crippen LogP contribution in [0.4, 0.5) is 4.79 Å². The van der Waals surface area contributed by atoms with E-state index in [1.807, 2.05) is 0 Å². The van der Waals surface area contributed by atoms with E-state index in [9.17, 15) is 28.8 Å². The summed E-state index contributed by atoms with van der Waals surface area (Å²) in [4.78, 5) is 103. The van der Waals surface area contributed by atoms with Crippen molar-refractivity contribution in [2.45, 2.75) is 128 Å². The molecule has 11 atom stereocenters. The molecule has 3 saturated carbocycles. The molecule has 22 heteroatoms. The average Bonchev–Trinajstić information content (AvgIpc) is 0.960. The molecule has 1 saturated heterocycles. The average molecular weight is 1240 g/mol. The predicted octanol–water partition coefficient (Wildman–Crippen LogP) is 10.1. The standard InChI is InChI=1S/C67H72NO20P/c1-7-78-63(75)86-55(53(45-27-17-10-18-28-45)68-59(71)46-29-19-11-20-30-46)62(74)85-49-36-67(76)58(87-60(72)47-31-21-12-22-32-47)56-65(6,57(70)54(84-42(3)69)52(41(49)2)64(67,4)5)50(35-51-66(56,39-79-51)88-61(73)48-33-34-48)80-40-83-89(77,81-37-43-23-13-8-14-24-43)82-38-44-25-15-9-16-26-44/h8-32,41,48-51,53,55-56,58,76H,7,33-40H2,1-6H3,(H,68,71). The van der Waals surface area contributed by atoms with Crippen LogP contribution in [0, 0.1) is 28.6 Å². The number of carbonyl (C=O) groups excluding carboxylic acids is 7. The van der Waals surface area contributed by atoms with Gasteiger partial charge in [-0.1, -0.05) is 148 Å². The van der Waals surface area contributed by atoms with E-state index in [1.165, 1.54) is 26.0 Å². The Bertz CT molecular complexity index is 3430. The molecular weight excluding hydrogens is 1170 g/mol. The van der Waals surface area contributed by atoms with Gasteiger partial charge in [0.15, 0.2) is 18.2 Å². The van der Waals surface area contributed by atoms with E-state index in [0.717, 1.165) is 6.92 Å². The van der Waals surface area contributed by atoms with Gasteiger partial charge >= 0.3 is 37.9 Å². The number of benzene rings is 5. The highest BCUT2D eigenvalue weighted by molar-refractivity contribution is 7.48. The Labute approximate surface area is 515 Å². The highest BCUT2D eigenvalue weighted by atomic mass is 31.2. The first-order chi connectivity index (χ1) is 42.6. The van der Waals surface area contributed by atoms with Crippen LogP contribution in [0.2, 0.25) is 0 Å². The third-order valence-corrected chi connectivity index (χ3v) is 19.0. The Hall–Kier alpha value is -7.88. The molecule has 1 heterocycles. The maximum absolute atomic E-state index is 16.8. The van der Waals surface area contributed by atoms with Gasteiger partial charge < -0.3 is 48.3 Å². The van der Waals surface area contributed by atoms with Gasteiger partial charge in [0.1, 0.15) is 30.0 Å². The first kappa shape index (κ1) is 64.1. The molecule has 470 valence electrons. The van der Waals surface area contributed by atoms with E-state index < -0.39 is 151 Å². The first-order valence-corrected chi connectivity index (χ1v) is 31.1. The minimum absolute atomic E-state index is 0.0141. The largest absolute Gasteiger partial charge is 0.509 e. The van der Waals surface area contributed by atoms with Crippen LogP contribution < -0.4 is 5.32 Å². The highest BCUT2D eigenvalue weighted by Crippen LogP contribution is 2.66. The van der Waals surface area contributed by atoms with Crippen LogP contribution in [0.25, 0.3) is 0 Å². The van der Waals surface area contributed by atoms with Crippen molar-refractivity contribution in [1.29, 1.82) is 0 Å². The van der Waals surface area contributed by atoms with Gasteiger partial charge in [0.05, 0.1) is 55.3 Å². The lowest BCUT2D eigenvalue weighted by atomic mass is 9.45. The molecule has 21 nitrogen and oxygen atoms in total. The summed E-state index contributed by atoms with van der Waals surface area (Å²) >= 11 is 0. The molecule has 1 aliphatic heterocycles. The van der Waals surface area contributed by atoms with Gasteiger partial charge in [-0.15, -0.1) is 0 Å². The second-order valence-electron chi connectivity index (χ2n) is 23.6. The van der Waals surface area contributed by atoms with Gasteiger partial charge in [-0.25, -0.2) is 18.9 Å². The van der Waals surface area contributed by atoms with Crippen LogP contribution >= 0.6 is 7.82 Å². The van der Waals surface area contributed by atoms with Crippen LogP contribution in [0.3, 0.4) is 0 Å². The topological polar surface area (TPSA) is 270 Å². The number of esters is 4. The smallest absolute Gasteiger partial charge is 0.459 e. The number of carbonyl (C=O) groups is 7. The monoisotopic (exact) mass is 1240 g/mol. The Morgan fingerprint density at radius 3 is 1.85 bits per heavy atom. The normalized spacial score (nSPS) is 26.6. The fraction of sp³-hybridized carbons (Fsp3) is 0.418. The van der Waals surface area contributed by atoms with E-state index in [1.54, 1.807) is 160 Å². The fourth-order valence-electron chi connectivity index (χ4n) is 12.8. The molecule has 5 aliphatic rings. The molecule has 5 aromatic carbocycles. The van der Waals surface area contributed by atoms with Crippen molar-refractivity contribution in [2.75, 3.05) is 20.0 Å². The van der Waals surface area contributed by atoms with Crippen molar-refractivity contribution in [3.63, 3.8) is 0 Å². The molecule has 5 aromatic rings. The Balaban J connectivity index is 1.11. The maximum atomic E-state index is 16.8. The summed E-state index contributed by atoms with van der Waals surface area (Å²) in [5.41, 5.74) is -6.82. The van der Waals surface area contributed by atoms with Crippen LogP contribution in [-0.2, 0) is 88.4 Å². The summed E-state index contributed by atoms with van der Waals surface area (Å²) in [7, 11) is -4.58. The van der Waals surface area contributed by atoms with Crippen molar-refractivity contribution in [3.8, 4) is 0 Å². The number of phosphoric acid groups is 1. The summed E-state index contributed by atoms with van der Waals surface area (Å²) < 4.78 is 82.5. The SMILES string of the molecule is CCOC(=O)OC(C(=O)OC1CC2(O)C(OC(=O)c3ccccc3)C3C4(OC(=O)C5CC5)COC4CC(OCOP(=O)(OCc4ccccc4)OCc4ccccc4)C3(C)C(=O)C(OC(C)=O)=C(C1C)C2(C)C)C(NC(=O)c1ccccc1)c1ccccc1. The van der Waals surface area contributed by atoms with Gasteiger partial charge in [0.2, 0.25) is 11.9 Å². The minimum atomic E-state index is -4.58. The first-order valence-electron chi connectivity index (χ1n) is 29.6. The van der Waals surface area contributed by atoms with Gasteiger partial charge in [0.25, 0.3) is 5.91 Å². The number of rotatable bonds is 23. The van der Waals surface area contributed by atoms with E-state index in [-0.39, 0.29) is 42.9 Å². The number of ketones is 1. The molecule has 0 radical (unpaired) electrons. The number of allylic oxidation sites excluding steroid dienone is 1. The second kappa shape index (κ2) is 26.7. The van der Waals surface area contributed by atoms with E-state index in [2.05, 4.69) is 5.32 Å². The Morgan fingerprint density at radius 1 is 0.753 bits per heavy atom.